The number of rotatable bonds is 4. The molecule has 5 heteroatoms. The summed E-state index contributed by atoms with van der Waals surface area (Å²) in [5.41, 5.74) is 0.763. The first-order chi connectivity index (χ1) is 8.79. The van der Waals surface area contributed by atoms with Crippen LogP contribution in [0.5, 0.6) is 0 Å². The van der Waals surface area contributed by atoms with Crippen molar-refractivity contribution in [1.29, 1.82) is 0 Å². The molecule has 0 aliphatic heterocycles. The maximum Gasteiger partial charge on any atom is 0.374 e. The number of aromatic nitrogens is 2. The number of ether oxygens (including phenoxy) is 1. The number of furan rings is 1. The minimum Gasteiger partial charge on any atom is -0.460 e. The van der Waals surface area contributed by atoms with Crippen molar-refractivity contribution < 1.29 is 13.9 Å². The molecule has 92 valence electrons. The van der Waals surface area contributed by atoms with Gasteiger partial charge >= 0.3 is 5.97 Å². The van der Waals surface area contributed by atoms with Gasteiger partial charge in [-0.25, -0.2) is 14.8 Å². The Kier molecular flexibility index (Phi) is 3.86. The monoisotopic (exact) mass is 244 g/mol. The van der Waals surface area contributed by atoms with Crippen LogP contribution in [0.3, 0.4) is 0 Å². The summed E-state index contributed by atoms with van der Waals surface area (Å²) in [7, 11) is 0. The van der Waals surface area contributed by atoms with E-state index in [1.165, 1.54) is 6.33 Å². The lowest BCUT2D eigenvalue weighted by Gasteiger charge is -1.96. The summed E-state index contributed by atoms with van der Waals surface area (Å²) in [6, 6.07) is 5.05. The van der Waals surface area contributed by atoms with Crippen LogP contribution in [0.1, 0.15) is 28.9 Å². The first-order valence-corrected chi connectivity index (χ1v) is 5.50. The molecule has 2 heterocycles. The molecule has 18 heavy (non-hydrogen) atoms. The molecule has 0 saturated carbocycles. The van der Waals surface area contributed by atoms with E-state index in [9.17, 15) is 4.79 Å². The topological polar surface area (TPSA) is 65.2 Å². The van der Waals surface area contributed by atoms with Gasteiger partial charge in [0, 0.05) is 6.20 Å². The first-order valence-electron chi connectivity index (χ1n) is 5.50. The highest BCUT2D eigenvalue weighted by Crippen LogP contribution is 2.12. The van der Waals surface area contributed by atoms with E-state index in [0.717, 1.165) is 5.69 Å². The number of hydrogen-bond acceptors (Lipinski definition) is 5. The highest BCUT2D eigenvalue weighted by molar-refractivity contribution is 5.86. The van der Waals surface area contributed by atoms with Crippen molar-refractivity contribution in [3.8, 4) is 0 Å². The van der Waals surface area contributed by atoms with Crippen molar-refractivity contribution in [1.82, 2.24) is 9.97 Å². The van der Waals surface area contributed by atoms with Crippen molar-refractivity contribution in [2.24, 2.45) is 0 Å². The van der Waals surface area contributed by atoms with Crippen molar-refractivity contribution in [2.75, 3.05) is 6.61 Å². The second-order valence-electron chi connectivity index (χ2n) is 3.39. The molecule has 0 aliphatic carbocycles. The largest absolute Gasteiger partial charge is 0.460 e. The van der Waals surface area contributed by atoms with Crippen LogP contribution in [-0.4, -0.2) is 22.5 Å². The summed E-state index contributed by atoms with van der Waals surface area (Å²) in [6.45, 7) is 2.07. The fourth-order valence-electron chi connectivity index (χ4n) is 1.32. The fraction of sp³-hybridized carbons (Fsp3) is 0.154. The first kappa shape index (κ1) is 12.0. The minimum atomic E-state index is -0.459. The van der Waals surface area contributed by atoms with E-state index in [2.05, 4.69) is 9.97 Å². The average Bonchev–Trinajstić information content (AvgIpc) is 2.87. The van der Waals surface area contributed by atoms with Gasteiger partial charge in [0.25, 0.3) is 0 Å². The predicted molar refractivity (Wildman–Crippen MR) is 65.6 cm³/mol. The van der Waals surface area contributed by atoms with Crippen molar-refractivity contribution in [3.63, 3.8) is 0 Å². The minimum absolute atomic E-state index is 0.194. The van der Waals surface area contributed by atoms with Crippen LogP contribution in [0.15, 0.2) is 35.1 Å². The Morgan fingerprint density at radius 1 is 1.39 bits per heavy atom. The van der Waals surface area contributed by atoms with Crippen LogP contribution in [0, 0.1) is 0 Å². The normalized spacial score (nSPS) is 10.7. The third kappa shape index (κ3) is 3.04. The number of hydrogen-bond donors (Lipinski definition) is 0. The molecule has 0 spiro atoms. The zero-order valence-electron chi connectivity index (χ0n) is 9.87. The van der Waals surface area contributed by atoms with Gasteiger partial charge in [0.05, 0.1) is 12.3 Å². The summed E-state index contributed by atoms with van der Waals surface area (Å²) in [6.07, 6.45) is 6.62. The molecule has 0 aromatic carbocycles. The Bertz CT molecular complexity index is 546. The Morgan fingerprint density at radius 2 is 2.28 bits per heavy atom. The summed E-state index contributed by atoms with van der Waals surface area (Å²) in [4.78, 5) is 19.2. The average molecular weight is 244 g/mol. The number of carbonyl (C=O) groups excluding carboxylic acids is 1. The molecule has 5 nitrogen and oxygen atoms in total. The van der Waals surface area contributed by atoms with Gasteiger partial charge in [0.15, 0.2) is 0 Å². The van der Waals surface area contributed by atoms with E-state index in [-0.39, 0.29) is 5.76 Å². The SMILES string of the molecule is CCOC(=O)c1ccc(/C=C/c2ccncn2)o1. The van der Waals surface area contributed by atoms with E-state index in [4.69, 9.17) is 9.15 Å². The molecule has 0 N–H and O–H groups in total. The molecule has 0 atom stereocenters. The van der Waals surface area contributed by atoms with Crippen LogP contribution < -0.4 is 0 Å². The molecule has 0 fully saturated rings. The summed E-state index contributed by atoms with van der Waals surface area (Å²) in [5.74, 6) is 0.301. The van der Waals surface area contributed by atoms with Gasteiger partial charge in [-0.2, -0.15) is 0 Å². The molecule has 0 unspecified atom stereocenters. The standard InChI is InChI=1S/C13H12N2O3/c1-2-17-13(16)12-6-5-11(18-12)4-3-10-7-8-14-9-15-10/h3-9H,2H2,1H3/b4-3+. The lowest BCUT2D eigenvalue weighted by atomic mass is 10.3. The molecule has 2 aromatic rings. The Labute approximate surface area is 104 Å². The van der Waals surface area contributed by atoms with E-state index in [0.29, 0.717) is 12.4 Å². The summed E-state index contributed by atoms with van der Waals surface area (Å²) >= 11 is 0. The molecule has 0 bridgehead atoms. The fourth-order valence-corrected chi connectivity index (χ4v) is 1.32. The highest BCUT2D eigenvalue weighted by atomic mass is 16.5. The van der Waals surface area contributed by atoms with Crippen LogP contribution in [-0.2, 0) is 4.74 Å². The third-order valence-corrected chi connectivity index (χ3v) is 2.13. The Morgan fingerprint density at radius 3 is 3.00 bits per heavy atom. The second-order valence-corrected chi connectivity index (χ2v) is 3.39. The highest BCUT2D eigenvalue weighted by Gasteiger charge is 2.10. The lowest BCUT2D eigenvalue weighted by molar-refractivity contribution is 0.0489. The Hall–Kier alpha value is -2.43. The lowest BCUT2D eigenvalue weighted by Crippen LogP contribution is -2.02. The molecule has 2 rings (SSSR count). The predicted octanol–water partition coefficient (Wildman–Crippen LogP) is 2.42. The van der Waals surface area contributed by atoms with Crippen LogP contribution in [0.2, 0.25) is 0 Å². The van der Waals surface area contributed by atoms with Gasteiger partial charge < -0.3 is 9.15 Å². The second kappa shape index (κ2) is 5.77. The summed E-state index contributed by atoms with van der Waals surface area (Å²) in [5, 5.41) is 0. The van der Waals surface area contributed by atoms with Gasteiger partial charge in [0.1, 0.15) is 12.1 Å². The zero-order chi connectivity index (χ0) is 12.8. The quantitative estimate of drug-likeness (QED) is 0.773. The smallest absolute Gasteiger partial charge is 0.374 e. The molecule has 0 radical (unpaired) electrons. The zero-order valence-corrected chi connectivity index (χ0v) is 9.87. The summed E-state index contributed by atoms with van der Waals surface area (Å²) < 4.78 is 10.1. The van der Waals surface area contributed by atoms with Crippen LogP contribution in [0.4, 0.5) is 0 Å². The van der Waals surface area contributed by atoms with Gasteiger partial charge in [-0.1, -0.05) is 0 Å². The van der Waals surface area contributed by atoms with Crippen LogP contribution >= 0.6 is 0 Å². The molecule has 0 aliphatic rings. The van der Waals surface area contributed by atoms with E-state index in [1.54, 1.807) is 43.5 Å². The number of carbonyl (C=O) groups is 1. The van der Waals surface area contributed by atoms with Gasteiger partial charge in [-0.3, -0.25) is 0 Å². The van der Waals surface area contributed by atoms with Crippen molar-refractivity contribution in [3.05, 3.63) is 47.9 Å². The van der Waals surface area contributed by atoms with Gasteiger partial charge in [-0.15, -0.1) is 0 Å². The molecule has 2 aromatic heterocycles. The van der Waals surface area contributed by atoms with E-state index >= 15 is 0 Å². The number of nitrogens with zero attached hydrogens (tertiary/aromatic N) is 2. The third-order valence-electron chi connectivity index (χ3n) is 2.13. The maximum atomic E-state index is 11.4. The van der Waals surface area contributed by atoms with Crippen LogP contribution in [0.25, 0.3) is 12.2 Å². The molecular weight excluding hydrogens is 232 g/mol. The molecular formula is C13H12N2O3. The van der Waals surface area contributed by atoms with Crippen molar-refractivity contribution >= 4 is 18.1 Å². The van der Waals surface area contributed by atoms with Gasteiger partial charge in [0.2, 0.25) is 5.76 Å². The maximum absolute atomic E-state index is 11.4. The Balaban J connectivity index is 2.07. The van der Waals surface area contributed by atoms with E-state index < -0.39 is 5.97 Å². The number of esters is 1. The molecule has 0 amide bonds. The van der Waals surface area contributed by atoms with Crippen molar-refractivity contribution in [2.45, 2.75) is 6.92 Å². The molecule has 0 saturated heterocycles. The van der Waals surface area contributed by atoms with E-state index in [1.807, 2.05) is 0 Å². The van der Waals surface area contributed by atoms with Gasteiger partial charge in [-0.05, 0) is 37.3 Å².